The Balaban J connectivity index is 2.45. The Bertz CT molecular complexity index is 625. The van der Waals surface area contributed by atoms with E-state index in [2.05, 4.69) is 11.0 Å². The van der Waals surface area contributed by atoms with Crippen LogP contribution in [0.4, 0.5) is 5.69 Å². The van der Waals surface area contributed by atoms with Crippen LogP contribution in [0.3, 0.4) is 0 Å². The van der Waals surface area contributed by atoms with Crippen LogP contribution in [0.2, 0.25) is 0 Å². The van der Waals surface area contributed by atoms with E-state index in [1.807, 2.05) is 44.3 Å². The molecule has 20 heavy (non-hydrogen) atoms. The molecule has 0 bridgehead atoms. The molecular weight excluding hydrogens is 268 g/mol. The smallest absolute Gasteiger partial charge is 0.104 e. The number of hydrogen-bond donors (Lipinski definition) is 2. The lowest BCUT2D eigenvalue weighted by molar-refractivity contribution is 0.187. The quantitative estimate of drug-likeness (QED) is 0.831. The maximum atomic E-state index is 9.42. The first-order chi connectivity index (χ1) is 9.50. The van der Waals surface area contributed by atoms with Crippen LogP contribution in [-0.4, -0.2) is 29.8 Å². The molecule has 0 amide bonds. The molecule has 0 saturated heterocycles. The summed E-state index contributed by atoms with van der Waals surface area (Å²) in [6.45, 7) is 2.61. The van der Waals surface area contributed by atoms with E-state index in [9.17, 15) is 5.11 Å². The Hall–Kier alpha value is -1.65. The molecule has 0 saturated carbocycles. The monoisotopic (exact) mass is 288 g/mol. The van der Waals surface area contributed by atoms with Crippen molar-refractivity contribution in [3.63, 3.8) is 0 Å². The molecule has 0 aliphatic heterocycles. The van der Waals surface area contributed by atoms with Crippen LogP contribution < -0.4 is 10.6 Å². The summed E-state index contributed by atoms with van der Waals surface area (Å²) in [5.74, 6) is 0. The highest BCUT2D eigenvalue weighted by Gasteiger charge is 2.11. The maximum absolute atomic E-state index is 9.42. The number of nitrogens with zero attached hydrogens (tertiary/aromatic N) is 1. The van der Waals surface area contributed by atoms with Crippen molar-refractivity contribution in [3.05, 3.63) is 42.0 Å². The molecular formula is C16H20N2OS. The summed E-state index contributed by atoms with van der Waals surface area (Å²) in [5.41, 5.74) is 7.82. The van der Waals surface area contributed by atoms with Crippen molar-refractivity contribution in [1.82, 2.24) is 0 Å². The van der Waals surface area contributed by atoms with E-state index in [1.165, 1.54) is 0 Å². The van der Waals surface area contributed by atoms with Gasteiger partial charge in [0, 0.05) is 30.2 Å². The summed E-state index contributed by atoms with van der Waals surface area (Å²) in [6, 6.07) is 12.1. The predicted molar refractivity (Wildman–Crippen MR) is 89.4 cm³/mol. The molecule has 0 aliphatic rings. The molecule has 0 heterocycles. The van der Waals surface area contributed by atoms with Gasteiger partial charge in [-0.1, -0.05) is 36.5 Å². The normalized spacial score (nSPS) is 12.3. The second kappa shape index (κ2) is 6.20. The summed E-state index contributed by atoms with van der Waals surface area (Å²) in [6.07, 6.45) is 0.446. The zero-order valence-corrected chi connectivity index (χ0v) is 12.7. The number of benzene rings is 2. The highest BCUT2D eigenvalue weighted by Crippen LogP contribution is 2.29. The van der Waals surface area contributed by atoms with Crippen LogP contribution in [0.15, 0.2) is 36.4 Å². The summed E-state index contributed by atoms with van der Waals surface area (Å²) >= 11 is 5.11. The van der Waals surface area contributed by atoms with E-state index in [1.54, 1.807) is 0 Å². The molecule has 106 valence electrons. The lowest BCUT2D eigenvalue weighted by Crippen LogP contribution is -2.22. The second-order valence-electron chi connectivity index (χ2n) is 5.10. The number of aliphatic hydroxyl groups excluding tert-OH is 1. The lowest BCUT2D eigenvalue weighted by Gasteiger charge is -2.22. The fraction of sp³-hybridized carbons (Fsp3) is 0.312. The Morgan fingerprint density at radius 3 is 2.50 bits per heavy atom. The van der Waals surface area contributed by atoms with Crippen LogP contribution in [-0.2, 0) is 0 Å². The van der Waals surface area contributed by atoms with E-state index in [-0.39, 0.29) is 6.10 Å². The second-order valence-corrected chi connectivity index (χ2v) is 5.54. The Morgan fingerprint density at radius 1 is 1.25 bits per heavy atom. The number of anilines is 1. The lowest BCUT2D eigenvalue weighted by atomic mass is 10.0. The van der Waals surface area contributed by atoms with E-state index in [4.69, 9.17) is 18.0 Å². The topological polar surface area (TPSA) is 49.5 Å². The predicted octanol–water partition coefficient (Wildman–Crippen LogP) is 2.68. The standard InChI is InChI=1S/C16H20N2OS/c1-11(19)9-10-18(2)15-8-7-14(16(17)20)12-5-3-4-6-13(12)15/h3-8,11,19H,9-10H2,1-2H3,(H2,17,20). The van der Waals surface area contributed by atoms with Gasteiger partial charge in [0.1, 0.15) is 4.99 Å². The zero-order chi connectivity index (χ0) is 14.7. The van der Waals surface area contributed by atoms with Gasteiger partial charge in [0.2, 0.25) is 0 Å². The third-order valence-corrected chi connectivity index (χ3v) is 3.68. The van der Waals surface area contributed by atoms with Gasteiger partial charge in [0.05, 0.1) is 6.10 Å². The third-order valence-electron chi connectivity index (χ3n) is 3.46. The number of hydrogen-bond acceptors (Lipinski definition) is 3. The van der Waals surface area contributed by atoms with Crippen molar-refractivity contribution in [1.29, 1.82) is 0 Å². The number of nitrogens with two attached hydrogens (primary N) is 1. The summed E-state index contributed by atoms with van der Waals surface area (Å²) in [5, 5.41) is 11.6. The maximum Gasteiger partial charge on any atom is 0.104 e. The van der Waals surface area contributed by atoms with Crippen LogP contribution in [0, 0.1) is 0 Å². The van der Waals surface area contributed by atoms with E-state index in [0.717, 1.165) is 35.0 Å². The van der Waals surface area contributed by atoms with E-state index in [0.29, 0.717) is 4.99 Å². The molecule has 0 aliphatic carbocycles. The molecule has 0 radical (unpaired) electrons. The van der Waals surface area contributed by atoms with Crippen LogP contribution in [0.1, 0.15) is 18.9 Å². The fourth-order valence-corrected chi connectivity index (χ4v) is 2.51. The van der Waals surface area contributed by atoms with Crippen molar-refractivity contribution in [2.24, 2.45) is 5.73 Å². The van der Waals surface area contributed by atoms with E-state index >= 15 is 0 Å². The summed E-state index contributed by atoms with van der Waals surface area (Å²) in [4.78, 5) is 2.57. The van der Waals surface area contributed by atoms with Gasteiger partial charge in [-0.2, -0.15) is 0 Å². The first-order valence-corrected chi connectivity index (χ1v) is 7.12. The molecule has 2 aromatic rings. The highest BCUT2D eigenvalue weighted by atomic mass is 32.1. The number of fused-ring (bicyclic) bond motifs is 1. The van der Waals surface area contributed by atoms with Gasteiger partial charge in [0.25, 0.3) is 0 Å². The van der Waals surface area contributed by atoms with Gasteiger partial charge in [-0.3, -0.25) is 0 Å². The van der Waals surface area contributed by atoms with Crippen LogP contribution >= 0.6 is 12.2 Å². The Morgan fingerprint density at radius 2 is 1.90 bits per heavy atom. The van der Waals surface area contributed by atoms with Gasteiger partial charge >= 0.3 is 0 Å². The van der Waals surface area contributed by atoms with Crippen molar-refractivity contribution >= 4 is 33.7 Å². The molecule has 3 nitrogen and oxygen atoms in total. The Labute approximate surface area is 125 Å². The minimum atomic E-state index is -0.292. The van der Waals surface area contributed by atoms with Gasteiger partial charge in [0.15, 0.2) is 0 Å². The molecule has 0 fully saturated rings. The van der Waals surface area contributed by atoms with Crippen LogP contribution in [0.5, 0.6) is 0 Å². The summed E-state index contributed by atoms with van der Waals surface area (Å²) < 4.78 is 0. The number of aliphatic hydroxyl groups is 1. The van der Waals surface area contributed by atoms with Crippen molar-refractivity contribution in [3.8, 4) is 0 Å². The van der Waals surface area contributed by atoms with Crippen LogP contribution in [0.25, 0.3) is 10.8 Å². The van der Waals surface area contributed by atoms with E-state index < -0.39 is 0 Å². The average Bonchev–Trinajstić information content (AvgIpc) is 2.43. The van der Waals surface area contributed by atoms with Gasteiger partial charge in [-0.05, 0) is 30.9 Å². The van der Waals surface area contributed by atoms with Gasteiger partial charge < -0.3 is 15.7 Å². The fourth-order valence-electron chi connectivity index (χ4n) is 2.33. The first kappa shape index (κ1) is 14.8. The SMILES string of the molecule is CC(O)CCN(C)c1ccc(C(N)=S)c2ccccc12. The third kappa shape index (κ3) is 3.08. The molecule has 1 unspecified atom stereocenters. The molecule has 2 aromatic carbocycles. The first-order valence-electron chi connectivity index (χ1n) is 6.71. The number of rotatable bonds is 5. The number of thiocarbonyl (C=S) groups is 1. The van der Waals surface area contributed by atoms with Gasteiger partial charge in [-0.25, -0.2) is 0 Å². The minimum Gasteiger partial charge on any atom is -0.393 e. The largest absolute Gasteiger partial charge is 0.393 e. The summed E-state index contributed by atoms with van der Waals surface area (Å²) in [7, 11) is 2.03. The molecule has 4 heteroatoms. The van der Waals surface area contributed by atoms with Gasteiger partial charge in [-0.15, -0.1) is 0 Å². The molecule has 2 rings (SSSR count). The average molecular weight is 288 g/mol. The highest BCUT2D eigenvalue weighted by molar-refractivity contribution is 7.80. The molecule has 0 aromatic heterocycles. The van der Waals surface area contributed by atoms with Crippen molar-refractivity contribution in [2.45, 2.75) is 19.4 Å². The Kier molecular flexibility index (Phi) is 4.57. The minimum absolute atomic E-state index is 0.292. The van der Waals surface area contributed by atoms with Crippen molar-refractivity contribution in [2.75, 3.05) is 18.5 Å². The van der Waals surface area contributed by atoms with Crippen molar-refractivity contribution < 1.29 is 5.11 Å². The molecule has 3 N–H and O–H groups in total. The zero-order valence-electron chi connectivity index (χ0n) is 11.8. The molecule has 1 atom stereocenters. The molecule has 0 spiro atoms.